The van der Waals surface area contributed by atoms with Crippen molar-refractivity contribution in [2.24, 2.45) is 0 Å². The van der Waals surface area contributed by atoms with Crippen LogP contribution >= 0.6 is 0 Å². The Balaban J connectivity index is 1.47. The summed E-state index contributed by atoms with van der Waals surface area (Å²) in [6.07, 6.45) is 1.08. The van der Waals surface area contributed by atoms with E-state index < -0.39 is 12.2 Å². The molecule has 2 aromatic rings. The summed E-state index contributed by atoms with van der Waals surface area (Å²) < 4.78 is 18.7. The third-order valence-electron chi connectivity index (χ3n) is 4.04. The normalized spacial score (nSPS) is 20.1. The first kappa shape index (κ1) is 16.4. The van der Waals surface area contributed by atoms with Gasteiger partial charge in [0.05, 0.1) is 18.8 Å². The van der Waals surface area contributed by atoms with Gasteiger partial charge in [0.25, 0.3) is 0 Å². The van der Waals surface area contributed by atoms with E-state index in [4.69, 9.17) is 4.74 Å². The number of ether oxygens (including phenoxy) is 1. The molecule has 2 atom stereocenters. The quantitative estimate of drug-likeness (QED) is 0.702. The number of nitrogens with one attached hydrogen (secondary N) is 3. The third-order valence-corrected chi connectivity index (χ3v) is 4.04. The number of hydrogen-bond donors (Lipinski definition) is 3. The number of benzene rings is 1. The van der Waals surface area contributed by atoms with E-state index >= 15 is 0 Å². The third kappa shape index (κ3) is 3.91. The molecule has 1 aromatic heterocycles. The Kier molecular flexibility index (Phi) is 5.10. The van der Waals surface area contributed by atoms with Crippen LogP contribution in [0.15, 0.2) is 30.5 Å². The summed E-state index contributed by atoms with van der Waals surface area (Å²) in [7, 11) is 0. The lowest BCUT2D eigenvalue weighted by atomic mass is 10.1. The highest BCUT2D eigenvalue weighted by molar-refractivity contribution is 5.82. The Morgan fingerprint density at radius 1 is 1.50 bits per heavy atom. The molecule has 6 nitrogen and oxygen atoms in total. The first-order chi connectivity index (χ1) is 11.6. The number of rotatable bonds is 6. The van der Waals surface area contributed by atoms with Gasteiger partial charge in [-0.05, 0) is 24.6 Å². The maximum atomic E-state index is 13.1. The molecule has 2 unspecified atom stereocenters. The van der Waals surface area contributed by atoms with Crippen LogP contribution in [0.5, 0.6) is 5.75 Å². The highest BCUT2D eigenvalue weighted by Gasteiger charge is 2.28. The predicted octanol–water partition coefficient (Wildman–Crippen LogP) is 1.58. The van der Waals surface area contributed by atoms with Gasteiger partial charge >= 0.3 is 0 Å². The van der Waals surface area contributed by atoms with Gasteiger partial charge in [-0.1, -0.05) is 12.1 Å². The summed E-state index contributed by atoms with van der Waals surface area (Å²) in [4.78, 5) is 11.8. The average Bonchev–Trinajstić information content (AvgIpc) is 3.20. The van der Waals surface area contributed by atoms with Gasteiger partial charge in [-0.3, -0.25) is 9.89 Å². The highest BCUT2D eigenvalue weighted by Crippen LogP contribution is 2.25. The first-order valence-corrected chi connectivity index (χ1v) is 8.02. The number of halogens is 1. The maximum absolute atomic E-state index is 13.1. The smallest absolute Gasteiger partial charge is 0.237 e. The fraction of sp³-hybridized carbons (Fsp3) is 0.412. The van der Waals surface area contributed by atoms with E-state index in [1.54, 1.807) is 6.20 Å². The molecule has 1 amide bonds. The van der Waals surface area contributed by atoms with Crippen molar-refractivity contribution in [2.75, 3.05) is 19.7 Å². The number of aromatic amines is 1. The van der Waals surface area contributed by atoms with Gasteiger partial charge in [0.1, 0.15) is 18.5 Å². The van der Waals surface area contributed by atoms with E-state index in [1.165, 1.54) is 0 Å². The summed E-state index contributed by atoms with van der Waals surface area (Å²) in [5.74, 6) is 0.548. The summed E-state index contributed by atoms with van der Waals surface area (Å²) in [6.45, 7) is 2.94. The van der Waals surface area contributed by atoms with Crippen molar-refractivity contribution in [1.82, 2.24) is 20.8 Å². The van der Waals surface area contributed by atoms with Crippen LogP contribution in [-0.2, 0) is 4.79 Å². The molecule has 2 heterocycles. The second-order valence-electron chi connectivity index (χ2n) is 5.87. The van der Waals surface area contributed by atoms with E-state index in [0.29, 0.717) is 13.2 Å². The van der Waals surface area contributed by atoms with Crippen LogP contribution in [-0.4, -0.2) is 48.0 Å². The van der Waals surface area contributed by atoms with Crippen molar-refractivity contribution in [3.05, 3.63) is 36.2 Å². The standard InChI is InChI=1S/C17H21FN4O2/c1-11-15(10-21-22-11)12-3-2-4-14(7-12)24-6-5-19-17(23)16-8-13(18)9-20-16/h2-4,7,10,13,16,20H,5-6,8-9H2,1H3,(H,19,23)(H,21,22). The molecule has 0 aliphatic carbocycles. The molecule has 1 aliphatic heterocycles. The number of aryl methyl sites for hydroxylation is 1. The Bertz CT molecular complexity index is 703. The Morgan fingerprint density at radius 3 is 3.08 bits per heavy atom. The number of carbonyl (C=O) groups is 1. The van der Waals surface area contributed by atoms with Gasteiger partial charge in [-0.15, -0.1) is 0 Å². The molecule has 128 valence electrons. The minimum Gasteiger partial charge on any atom is -0.492 e. The maximum Gasteiger partial charge on any atom is 0.237 e. The molecule has 0 saturated carbocycles. The average molecular weight is 332 g/mol. The van der Waals surface area contributed by atoms with Crippen LogP contribution in [0.2, 0.25) is 0 Å². The van der Waals surface area contributed by atoms with Crippen molar-refractivity contribution in [3.63, 3.8) is 0 Å². The summed E-state index contributed by atoms with van der Waals surface area (Å²) >= 11 is 0. The molecule has 24 heavy (non-hydrogen) atoms. The molecule has 7 heteroatoms. The Labute approximate surface area is 139 Å². The molecule has 0 bridgehead atoms. The van der Waals surface area contributed by atoms with Crippen LogP contribution in [0.3, 0.4) is 0 Å². The minimum atomic E-state index is -0.939. The number of amides is 1. The summed E-state index contributed by atoms with van der Waals surface area (Å²) in [6, 6.07) is 7.27. The van der Waals surface area contributed by atoms with Gasteiger partial charge in [0, 0.05) is 24.2 Å². The zero-order valence-electron chi connectivity index (χ0n) is 13.5. The number of H-pyrrole nitrogens is 1. The zero-order valence-corrected chi connectivity index (χ0v) is 13.5. The number of hydrogen-bond acceptors (Lipinski definition) is 4. The van der Waals surface area contributed by atoms with E-state index in [0.717, 1.165) is 22.6 Å². The fourth-order valence-corrected chi connectivity index (χ4v) is 2.75. The molecule has 1 aromatic carbocycles. The summed E-state index contributed by atoms with van der Waals surface area (Å²) in [5.41, 5.74) is 3.04. The van der Waals surface area contributed by atoms with Crippen molar-refractivity contribution in [1.29, 1.82) is 0 Å². The summed E-state index contributed by atoms with van der Waals surface area (Å²) in [5, 5.41) is 12.5. The lowest BCUT2D eigenvalue weighted by molar-refractivity contribution is -0.122. The molecule has 1 fully saturated rings. The van der Waals surface area contributed by atoms with Crippen LogP contribution in [0, 0.1) is 6.92 Å². The molecule has 0 spiro atoms. The molecule has 0 radical (unpaired) electrons. The van der Waals surface area contributed by atoms with Crippen molar-refractivity contribution in [3.8, 4) is 16.9 Å². The lowest BCUT2D eigenvalue weighted by Gasteiger charge is -2.12. The van der Waals surface area contributed by atoms with E-state index in [2.05, 4.69) is 20.8 Å². The monoisotopic (exact) mass is 332 g/mol. The van der Waals surface area contributed by atoms with E-state index in [-0.39, 0.29) is 18.9 Å². The van der Waals surface area contributed by atoms with Crippen LogP contribution in [0.25, 0.3) is 11.1 Å². The second-order valence-corrected chi connectivity index (χ2v) is 5.87. The number of aromatic nitrogens is 2. The fourth-order valence-electron chi connectivity index (χ4n) is 2.75. The van der Waals surface area contributed by atoms with Gasteiger partial charge in [0.2, 0.25) is 5.91 Å². The van der Waals surface area contributed by atoms with Gasteiger partial charge in [0.15, 0.2) is 0 Å². The number of nitrogens with zero attached hydrogens (tertiary/aromatic N) is 1. The number of alkyl halides is 1. The lowest BCUT2D eigenvalue weighted by Crippen LogP contribution is -2.41. The van der Waals surface area contributed by atoms with Gasteiger partial charge in [-0.2, -0.15) is 5.10 Å². The first-order valence-electron chi connectivity index (χ1n) is 8.02. The number of carbonyl (C=O) groups excluding carboxylic acids is 1. The topological polar surface area (TPSA) is 79.0 Å². The van der Waals surface area contributed by atoms with E-state index in [9.17, 15) is 9.18 Å². The van der Waals surface area contributed by atoms with E-state index in [1.807, 2.05) is 31.2 Å². The SMILES string of the molecule is Cc1[nH]ncc1-c1cccc(OCCNC(=O)C2CC(F)CN2)c1. The molecular formula is C17H21FN4O2. The molecular weight excluding hydrogens is 311 g/mol. The molecule has 3 N–H and O–H groups in total. The molecule has 1 aliphatic rings. The largest absolute Gasteiger partial charge is 0.492 e. The van der Waals surface area contributed by atoms with Crippen LogP contribution in [0.1, 0.15) is 12.1 Å². The van der Waals surface area contributed by atoms with Crippen molar-refractivity contribution in [2.45, 2.75) is 25.6 Å². The minimum absolute atomic E-state index is 0.179. The van der Waals surface area contributed by atoms with Crippen molar-refractivity contribution < 1.29 is 13.9 Å². The Hall–Kier alpha value is -2.41. The molecule has 3 rings (SSSR count). The zero-order chi connectivity index (χ0) is 16.9. The van der Waals surface area contributed by atoms with Crippen LogP contribution < -0.4 is 15.4 Å². The van der Waals surface area contributed by atoms with Crippen LogP contribution in [0.4, 0.5) is 4.39 Å². The van der Waals surface area contributed by atoms with Gasteiger partial charge in [-0.25, -0.2) is 4.39 Å². The second kappa shape index (κ2) is 7.44. The van der Waals surface area contributed by atoms with Crippen molar-refractivity contribution >= 4 is 5.91 Å². The Morgan fingerprint density at radius 2 is 2.38 bits per heavy atom. The molecule has 1 saturated heterocycles. The highest BCUT2D eigenvalue weighted by atomic mass is 19.1. The van der Waals surface area contributed by atoms with Gasteiger partial charge < -0.3 is 15.4 Å². The predicted molar refractivity (Wildman–Crippen MR) is 88.6 cm³/mol.